The first-order valence-corrected chi connectivity index (χ1v) is 6.60. The molecule has 0 bridgehead atoms. The van der Waals surface area contributed by atoms with Gasteiger partial charge in [-0.15, -0.1) is 0 Å². The molecule has 1 aromatic rings. The second kappa shape index (κ2) is 4.87. The molecule has 1 aliphatic rings. The minimum atomic E-state index is -1.58. The topological polar surface area (TPSA) is 89.7 Å². The summed E-state index contributed by atoms with van der Waals surface area (Å²) in [7, 11) is 0. The lowest BCUT2D eigenvalue weighted by molar-refractivity contribution is -0.144. The van der Waals surface area contributed by atoms with Crippen LogP contribution in [0.1, 0.15) is 27.2 Å². The molecular weight excluding hydrogens is 272 g/mol. The summed E-state index contributed by atoms with van der Waals surface area (Å²) in [6, 6.07) is 8.53. The van der Waals surface area contributed by atoms with Crippen molar-refractivity contribution < 1.29 is 19.1 Å². The van der Waals surface area contributed by atoms with Gasteiger partial charge in [0, 0.05) is 5.41 Å². The number of nitrogens with two attached hydrogens (primary N) is 1. The third-order valence-corrected chi connectivity index (χ3v) is 3.70. The van der Waals surface area contributed by atoms with Crippen LogP contribution in [0.2, 0.25) is 0 Å². The molecule has 1 unspecified atom stereocenters. The predicted molar refractivity (Wildman–Crippen MR) is 76.4 cm³/mol. The molecule has 3 amide bonds. The highest BCUT2D eigenvalue weighted by Gasteiger charge is 2.61. The molecule has 0 spiro atoms. The monoisotopic (exact) mass is 290 g/mol. The number of ether oxygens (including phenoxy) is 1. The normalized spacial score (nSPS) is 22.5. The second-order valence-electron chi connectivity index (χ2n) is 6.04. The van der Waals surface area contributed by atoms with Gasteiger partial charge in [0.15, 0.2) is 0 Å². The molecule has 1 aliphatic heterocycles. The zero-order valence-electron chi connectivity index (χ0n) is 12.3. The van der Waals surface area contributed by atoms with E-state index in [0.29, 0.717) is 5.69 Å². The SMILES string of the molecule is CC(C)(C)C1(OC(N)=O)CC(=O)N(c2ccccc2)C1=O. The highest BCUT2D eigenvalue weighted by atomic mass is 16.6. The summed E-state index contributed by atoms with van der Waals surface area (Å²) in [5.74, 6) is -0.979. The number of benzene rings is 1. The van der Waals surface area contributed by atoms with Crippen LogP contribution >= 0.6 is 0 Å². The van der Waals surface area contributed by atoms with E-state index in [-0.39, 0.29) is 6.42 Å². The Balaban J connectivity index is 2.50. The predicted octanol–water partition coefficient (Wildman–Crippen LogP) is 1.83. The summed E-state index contributed by atoms with van der Waals surface area (Å²) in [6.07, 6.45) is -1.28. The fraction of sp³-hybridized carbons (Fsp3) is 0.400. The molecule has 0 saturated carbocycles. The van der Waals surface area contributed by atoms with Crippen molar-refractivity contribution in [1.82, 2.24) is 0 Å². The number of hydrogen-bond acceptors (Lipinski definition) is 4. The Morgan fingerprint density at radius 3 is 2.29 bits per heavy atom. The second-order valence-corrected chi connectivity index (χ2v) is 6.04. The Morgan fingerprint density at radius 2 is 1.81 bits per heavy atom. The summed E-state index contributed by atoms with van der Waals surface area (Å²) in [4.78, 5) is 37.4. The van der Waals surface area contributed by atoms with Crippen molar-refractivity contribution in [3.8, 4) is 0 Å². The molecule has 112 valence electrons. The number of carbonyl (C=O) groups is 3. The zero-order chi connectivity index (χ0) is 15.8. The van der Waals surface area contributed by atoms with E-state index in [9.17, 15) is 14.4 Å². The third kappa shape index (κ3) is 2.37. The summed E-state index contributed by atoms with van der Waals surface area (Å²) < 4.78 is 5.12. The largest absolute Gasteiger partial charge is 0.432 e. The minimum Gasteiger partial charge on any atom is -0.432 e. The van der Waals surface area contributed by atoms with Crippen LogP contribution in [0.5, 0.6) is 0 Å². The number of rotatable bonds is 2. The van der Waals surface area contributed by atoms with Crippen LogP contribution in [-0.4, -0.2) is 23.5 Å². The van der Waals surface area contributed by atoms with Gasteiger partial charge in [-0.25, -0.2) is 9.69 Å². The Bertz CT molecular complexity index is 591. The first kappa shape index (κ1) is 15.0. The molecule has 2 rings (SSSR count). The molecule has 1 saturated heterocycles. The van der Waals surface area contributed by atoms with Crippen LogP contribution in [0.25, 0.3) is 0 Å². The molecule has 0 aromatic heterocycles. The molecule has 0 radical (unpaired) electrons. The van der Waals surface area contributed by atoms with Crippen LogP contribution in [-0.2, 0) is 14.3 Å². The number of nitrogens with zero attached hydrogens (tertiary/aromatic N) is 1. The van der Waals surface area contributed by atoms with Gasteiger partial charge in [-0.1, -0.05) is 39.0 Å². The zero-order valence-corrected chi connectivity index (χ0v) is 12.3. The molecule has 1 atom stereocenters. The van der Waals surface area contributed by atoms with Gasteiger partial charge < -0.3 is 10.5 Å². The lowest BCUT2D eigenvalue weighted by atomic mass is 9.75. The van der Waals surface area contributed by atoms with Crippen molar-refractivity contribution in [1.29, 1.82) is 0 Å². The summed E-state index contributed by atoms with van der Waals surface area (Å²) >= 11 is 0. The average molecular weight is 290 g/mol. The van der Waals surface area contributed by atoms with Crippen molar-refractivity contribution in [2.24, 2.45) is 11.1 Å². The number of primary amides is 1. The van der Waals surface area contributed by atoms with Crippen molar-refractivity contribution in [2.45, 2.75) is 32.8 Å². The van der Waals surface area contributed by atoms with Gasteiger partial charge in [0.2, 0.25) is 11.5 Å². The van der Waals surface area contributed by atoms with E-state index in [1.54, 1.807) is 51.1 Å². The van der Waals surface area contributed by atoms with Crippen molar-refractivity contribution in [3.63, 3.8) is 0 Å². The summed E-state index contributed by atoms with van der Waals surface area (Å²) in [5.41, 5.74) is 3.21. The molecule has 6 nitrogen and oxygen atoms in total. The quantitative estimate of drug-likeness (QED) is 0.841. The Labute approximate surface area is 122 Å². The Morgan fingerprint density at radius 1 is 1.24 bits per heavy atom. The standard InChI is InChI=1S/C15H18N2O4/c1-14(2,3)15(21-13(16)20)9-11(18)17(12(15)19)10-7-5-4-6-8-10/h4-8H,9H2,1-3H3,(H2,16,20). The van der Waals surface area contributed by atoms with E-state index < -0.39 is 28.9 Å². The Hall–Kier alpha value is -2.37. The number of hydrogen-bond donors (Lipinski definition) is 1. The van der Waals surface area contributed by atoms with Crippen LogP contribution in [0.4, 0.5) is 10.5 Å². The van der Waals surface area contributed by atoms with Crippen molar-refractivity contribution in [2.75, 3.05) is 4.90 Å². The molecule has 21 heavy (non-hydrogen) atoms. The van der Waals surface area contributed by atoms with Crippen LogP contribution < -0.4 is 10.6 Å². The van der Waals surface area contributed by atoms with Crippen molar-refractivity contribution >= 4 is 23.6 Å². The highest BCUT2D eigenvalue weighted by Crippen LogP contribution is 2.44. The number of anilines is 1. The van der Waals surface area contributed by atoms with E-state index in [0.717, 1.165) is 4.90 Å². The van der Waals surface area contributed by atoms with Gasteiger partial charge >= 0.3 is 6.09 Å². The van der Waals surface area contributed by atoms with Gasteiger partial charge in [-0.3, -0.25) is 9.59 Å². The van der Waals surface area contributed by atoms with Crippen LogP contribution in [0.15, 0.2) is 30.3 Å². The van der Waals surface area contributed by atoms with E-state index in [1.807, 2.05) is 0 Å². The smallest absolute Gasteiger partial charge is 0.405 e. The number of amides is 3. The molecule has 6 heteroatoms. The highest BCUT2D eigenvalue weighted by molar-refractivity contribution is 6.24. The summed E-state index contributed by atoms with van der Waals surface area (Å²) in [5, 5.41) is 0. The molecule has 0 aliphatic carbocycles. The third-order valence-electron chi connectivity index (χ3n) is 3.70. The fourth-order valence-electron chi connectivity index (χ4n) is 2.49. The number of carbonyl (C=O) groups excluding carboxylic acids is 3. The summed E-state index contributed by atoms with van der Waals surface area (Å²) in [6.45, 7) is 5.20. The van der Waals surface area contributed by atoms with Gasteiger partial charge in [0.25, 0.3) is 5.91 Å². The number of para-hydroxylation sites is 1. The van der Waals surface area contributed by atoms with E-state index in [4.69, 9.17) is 10.5 Å². The van der Waals surface area contributed by atoms with Gasteiger partial charge in [0.05, 0.1) is 12.1 Å². The van der Waals surface area contributed by atoms with E-state index in [2.05, 4.69) is 0 Å². The fourth-order valence-corrected chi connectivity index (χ4v) is 2.49. The average Bonchev–Trinajstić information content (AvgIpc) is 2.61. The first-order chi connectivity index (χ1) is 9.69. The maximum atomic E-state index is 12.8. The van der Waals surface area contributed by atoms with Crippen LogP contribution in [0.3, 0.4) is 0 Å². The molecule has 2 N–H and O–H groups in total. The lowest BCUT2D eigenvalue weighted by Gasteiger charge is -2.37. The van der Waals surface area contributed by atoms with Gasteiger partial charge in [0.1, 0.15) is 0 Å². The van der Waals surface area contributed by atoms with Crippen molar-refractivity contribution in [3.05, 3.63) is 30.3 Å². The van der Waals surface area contributed by atoms with Gasteiger partial charge in [-0.05, 0) is 12.1 Å². The first-order valence-electron chi connectivity index (χ1n) is 6.60. The molecule has 1 aromatic carbocycles. The number of imide groups is 1. The Kier molecular flexibility index (Phi) is 3.49. The van der Waals surface area contributed by atoms with E-state index >= 15 is 0 Å². The maximum Gasteiger partial charge on any atom is 0.405 e. The minimum absolute atomic E-state index is 0.215. The molecular formula is C15H18N2O4. The lowest BCUT2D eigenvalue weighted by Crippen LogP contribution is -2.54. The molecule has 1 heterocycles. The van der Waals surface area contributed by atoms with Gasteiger partial charge in [-0.2, -0.15) is 0 Å². The molecule has 1 fully saturated rings. The van der Waals surface area contributed by atoms with Crippen LogP contribution in [0, 0.1) is 5.41 Å². The van der Waals surface area contributed by atoms with E-state index in [1.165, 1.54) is 0 Å². The maximum absolute atomic E-state index is 12.8.